The van der Waals surface area contributed by atoms with Crippen molar-refractivity contribution in [2.24, 2.45) is 0 Å². The Morgan fingerprint density at radius 2 is 1.83 bits per heavy atom. The number of aryl methyl sites for hydroxylation is 1. The molecule has 0 heterocycles. The summed E-state index contributed by atoms with van der Waals surface area (Å²) in [5.41, 5.74) is 2.35. The number of halogens is 3. The van der Waals surface area contributed by atoms with Crippen LogP contribution in [0, 0.1) is 6.92 Å². The van der Waals surface area contributed by atoms with E-state index >= 15 is 0 Å². The smallest absolute Gasteiger partial charge is 0.361 e. The highest BCUT2D eigenvalue weighted by Crippen LogP contribution is 2.21. The normalized spacial score (nSPS) is 14.5. The highest BCUT2D eigenvalue weighted by Gasteiger charge is 2.36. The molecule has 102 valence electrons. The molecular formula is C9H11ClF2N2O3S. The van der Waals surface area contributed by atoms with Crippen molar-refractivity contribution in [1.82, 2.24) is 10.3 Å². The molecule has 0 saturated heterocycles. The van der Waals surface area contributed by atoms with E-state index in [2.05, 4.69) is 11.6 Å². The van der Waals surface area contributed by atoms with Gasteiger partial charge in [0.05, 0.1) is 4.90 Å². The van der Waals surface area contributed by atoms with E-state index in [0.29, 0.717) is 0 Å². The lowest BCUT2D eigenvalue weighted by atomic mass is 10.2. The van der Waals surface area contributed by atoms with Crippen LogP contribution in [0.1, 0.15) is 5.56 Å². The van der Waals surface area contributed by atoms with Crippen molar-refractivity contribution in [3.8, 4) is 0 Å². The third-order valence-corrected chi connectivity index (χ3v) is 3.46. The maximum atomic E-state index is 12.4. The molecule has 1 atom stereocenters. The van der Waals surface area contributed by atoms with Crippen molar-refractivity contribution in [1.29, 1.82) is 0 Å². The van der Waals surface area contributed by atoms with Crippen molar-refractivity contribution in [3.05, 3.63) is 29.8 Å². The fourth-order valence-electron chi connectivity index (χ4n) is 0.992. The third-order valence-electron chi connectivity index (χ3n) is 1.97. The number of hydrogen-bond donors (Lipinski definition) is 3. The van der Waals surface area contributed by atoms with Crippen LogP contribution in [0.3, 0.4) is 0 Å². The van der Waals surface area contributed by atoms with Crippen LogP contribution < -0.4 is 10.3 Å². The van der Waals surface area contributed by atoms with Crippen LogP contribution in [0.2, 0.25) is 0 Å². The predicted molar refractivity (Wildman–Crippen MR) is 61.4 cm³/mol. The van der Waals surface area contributed by atoms with Gasteiger partial charge in [-0.25, -0.2) is 13.8 Å². The van der Waals surface area contributed by atoms with Gasteiger partial charge in [-0.15, -0.1) is 4.83 Å². The van der Waals surface area contributed by atoms with E-state index in [-0.39, 0.29) is 4.90 Å². The Morgan fingerprint density at radius 1 is 1.33 bits per heavy atom. The highest BCUT2D eigenvalue weighted by molar-refractivity contribution is 7.89. The summed E-state index contributed by atoms with van der Waals surface area (Å²) in [6.45, 7) is 1.76. The summed E-state index contributed by atoms with van der Waals surface area (Å²) in [6, 6.07) is 5.68. The summed E-state index contributed by atoms with van der Waals surface area (Å²) < 4.78 is 47.9. The monoisotopic (exact) mass is 300 g/mol. The second-order valence-corrected chi connectivity index (χ2v) is 5.69. The molecule has 9 heteroatoms. The molecule has 0 fully saturated rings. The number of hydrazine groups is 1. The van der Waals surface area contributed by atoms with Gasteiger partial charge < -0.3 is 5.11 Å². The lowest BCUT2D eigenvalue weighted by Gasteiger charge is -2.17. The number of benzene rings is 1. The van der Waals surface area contributed by atoms with E-state index in [1.54, 1.807) is 23.9 Å². The number of rotatable bonds is 5. The predicted octanol–water partition coefficient (Wildman–Crippen LogP) is 0.928. The first-order valence-corrected chi connectivity index (χ1v) is 6.58. The Balaban J connectivity index is 2.75. The summed E-state index contributed by atoms with van der Waals surface area (Å²) in [6.07, 6.45) is -2.54. The first kappa shape index (κ1) is 15.3. The van der Waals surface area contributed by atoms with Gasteiger partial charge in [-0.05, 0) is 30.7 Å². The zero-order valence-electron chi connectivity index (χ0n) is 9.19. The Labute approximate surface area is 108 Å². The zero-order chi connectivity index (χ0) is 14.0. The van der Waals surface area contributed by atoms with Crippen molar-refractivity contribution in [2.45, 2.75) is 23.4 Å². The van der Waals surface area contributed by atoms with Crippen LogP contribution in [-0.2, 0) is 10.0 Å². The summed E-state index contributed by atoms with van der Waals surface area (Å²) in [5.74, 6) is 0. The molecule has 5 nitrogen and oxygen atoms in total. The lowest BCUT2D eigenvalue weighted by molar-refractivity contribution is -0.0612. The van der Waals surface area contributed by atoms with Crippen molar-refractivity contribution in [3.63, 3.8) is 0 Å². The maximum absolute atomic E-state index is 12.4. The molecule has 3 N–H and O–H groups in total. The van der Waals surface area contributed by atoms with Gasteiger partial charge in [0.25, 0.3) is 10.0 Å². The average Bonchev–Trinajstić information content (AvgIpc) is 2.25. The molecule has 18 heavy (non-hydrogen) atoms. The molecule has 1 aromatic carbocycles. The Bertz CT molecular complexity index is 502. The van der Waals surface area contributed by atoms with Gasteiger partial charge in [-0.3, -0.25) is 0 Å². The molecule has 0 aliphatic heterocycles. The van der Waals surface area contributed by atoms with Gasteiger partial charge >= 0.3 is 5.38 Å². The topological polar surface area (TPSA) is 78.4 Å². The molecule has 0 bridgehead atoms. The van der Waals surface area contributed by atoms with E-state index in [1.165, 1.54) is 17.6 Å². The number of sulfonamides is 1. The van der Waals surface area contributed by atoms with Crippen molar-refractivity contribution in [2.75, 3.05) is 0 Å². The summed E-state index contributed by atoms with van der Waals surface area (Å²) in [5, 5.41) is 4.83. The second-order valence-electron chi connectivity index (χ2n) is 3.51. The molecule has 1 unspecified atom stereocenters. The van der Waals surface area contributed by atoms with Gasteiger partial charge in [-0.2, -0.15) is 8.78 Å². The zero-order valence-corrected chi connectivity index (χ0v) is 10.8. The SMILES string of the molecule is Cc1ccc(S(=O)(=O)NNC(O)C(F)(F)Cl)cc1. The highest BCUT2D eigenvalue weighted by atomic mass is 35.5. The Morgan fingerprint density at radius 3 is 2.28 bits per heavy atom. The number of aliphatic hydroxyl groups is 1. The molecule has 1 aromatic rings. The van der Waals surface area contributed by atoms with Crippen LogP contribution >= 0.6 is 11.6 Å². The molecule has 0 aromatic heterocycles. The molecule has 0 aliphatic carbocycles. The van der Waals surface area contributed by atoms with Crippen LogP contribution in [0.4, 0.5) is 8.78 Å². The number of alkyl halides is 3. The van der Waals surface area contributed by atoms with E-state index in [4.69, 9.17) is 5.11 Å². The molecule has 1 rings (SSSR count). The van der Waals surface area contributed by atoms with E-state index in [9.17, 15) is 17.2 Å². The molecular weight excluding hydrogens is 290 g/mol. The minimum absolute atomic E-state index is 0.134. The van der Waals surface area contributed by atoms with E-state index in [0.717, 1.165) is 5.56 Å². The van der Waals surface area contributed by atoms with Crippen LogP contribution in [0.25, 0.3) is 0 Å². The molecule has 0 saturated carbocycles. The molecule has 0 aliphatic rings. The fourth-order valence-corrected chi connectivity index (χ4v) is 1.93. The fraction of sp³-hybridized carbons (Fsp3) is 0.333. The largest absolute Gasteiger partial charge is 0.370 e. The number of nitrogens with one attached hydrogen (secondary N) is 2. The lowest BCUT2D eigenvalue weighted by Crippen LogP contribution is -2.50. The quantitative estimate of drug-likeness (QED) is 0.429. The van der Waals surface area contributed by atoms with Gasteiger partial charge in [0.1, 0.15) is 0 Å². The Kier molecular flexibility index (Phi) is 4.62. The standard InChI is InChI=1S/C9H11ClF2N2O3S/c1-6-2-4-7(5-3-6)18(16,17)14-13-8(15)9(10,11)12/h2-5,8,13-15H,1H3. The summed E-state index contributed by atoms with van der Waals surface area (Å²) in [7, 11) is -4.05. The van der Waals surface area contributed by atoms with Gasteiger partial charge in [0, 0.05) is 0 Å². The molecule has 0 radical (unpaired) electrons. The van der Waals surface area contributed by atoms with Crippen molar-refractivity contribution >= 4 is 21.6 Å². The van der Waals surface area contributed by atoms with E-state index < -0.39 is 21.6 Å². The van der Waals surface area contributed by atoms with Crippen LogP contribution in [0.5, 0.6) is 0 Å². The van der Waals surface area contributed by atoms with Gasteiger partial charge in [-0.1, -0.05) is 17.7 Å². The minimum atomic E-state index is -4.05. The van der Waals surface area contributed by atoms with Gasteiger partial charge in [0.2, 0.25) is 0 Å². The number of hydrogen-bond acceptors (Lipinski definition) is 4. The maximum Gasteiger partial charge on any atom is 0.361 e. The van der Waals surface area contributed by atoms with Gasteiger partial charge in [0.15, 0.2) is 6.23 Å². The third kappa shape index (κ3) is 4.14. The average molecular weight is 301 g/mol. The molecule has 0 spiro atoms. The Hall–Kier alpha value is -0.800. The minimum Gasteiger partial charge on any atom is -0.370 e. The molecule has 0 amide bonds. The van der Waals surface area contributed by atoms with E-state index in [1.807, 2.05) is 0 Å². The van der Waals surface area contributed by atoms with Crippen LogP contribution in [0.15, 0.2) is 29.2 Å². The van der Waals surface area contributed by atoms with Crippen LogP contribution in [-0.4, -0.2) is 25.1 Å². The summed E-state index contributed by atoms with van der Waals surface area (Å²) >= 11 is 4.50. The van der Waals surface area contributed by atoms with Crippen molar-refractivity contribution < 1.29 is 22.3 Å². The first-order chi connectivity index (χ1) is 8.13. The summed E-state index contributed by atoms with van der Waals surface area (Å²) in [4.78, 5) is 1.48. The number of aliphatic hydroxyl groups excluding tert-OH is 1. The first-order valence-electron chi connectivity index (χ1n) is 4.72. The second kappa shape index (κ2) is 5.45.